The molecule has 0 saturated carbocycles. The predicted octanol–water partition coefficient (Wildman–Crippen LogP) is 0.387. The lowest BCUT2D eigenvalue weighted by atomic mass is 10.1. The van der Waals surface area contributed by atoms with Gasteiger partial charge in [0.05, 0.1) is 25.0 Å². The molecule has 2 heterocycles. The summed E-state index contributed by atoms with van der Waals surface area (Å²) in [5.74, 6) is -0.111. The van der Waals surface area contributed by atoms with Crippen LogP contribution in [0.15, 0.2) is 30.3 Å². The molecule has 0 aromatic heterocycles. The Morgan fingerprint density at radius 2 is 1.92 bits per heavy atom. The average molecular weight is 370 g/mol. The summed E-state index contributed by atoms with van der Waals surface area (Å²) in [4.78, 5) is 11.5. The highest BCUT2D eigenvalue weighted by molar-refractivity contribution is 7.88. The van der Waals surface area contributed by atoms with Crippen molar-refractivity contribution in [2.75, 3.05) is 19.8 Å². The van der Waals surface area contributed by atoms with Crippen molar-refractivity contribution in [2.45, 2.75) is 37.0 Å². The fraction of sp³-hybridized carbons (Fsp3) is 0.562. The molecule has 0 aliphatic carbocycles. The second-order valence-electron chi connectivity index (χ2n) is 6.04. The van der Waals surface area contributed by atoms with Crippen molar-refractivity contribution in [1.29, 1.82) is 0 Å². The summed E-state index contributed by atoms with van der Waals surface area (Å²) in [5, 5.41) is 2.55. The van der Waals surface area contributed by atoms with E-state index < -0.39 is 40.5 Å². The number of rotatable bonds is 6. The van der Waals surface area contributed by atoms with Gasteiger partial charge < -0.3 is 19.5 Å². The molecule has 8 nitrogen and oxygen atoms in total. The Kier molecular flexibility index (Phi) is 5.57. The fourth-order valence-corrected chi connectivity index (χ4v) is 4.43. The molecule has 25 heavy (non-hydrogen) atoms. The second kappa shape index (κ2) is 7.69. The zero-order valence-electron chi connectivity index (χ0n) is 13.9. The van der Waals surface area contributed by atoms with Gasteiger partial charge >= 0.3 is 6.09 Å². The van der Waals surface area contributed by atoms with Crippen LogP contribution in [0.5, 0.6) is 0 Å². The molecule has 1 amide bonds. The van der Waals surface area contributed by atoms with Crippen molar-refractivity contribution in [2.24, 2.45) is 0 Å². The first kappa shape index (κ1) is 18.1. The molecule has 0 spiro atoms. The lowest BCUT2D eigenvalue weighted by Gasteiger charge is -2.18. The molecule has 138 valence electrons. The number of benzene rings is 1. The van der Waals surface area contributed by atoms with Crippen LogP contribution in [-0.4, -0.2) is 58.6 Å². The van der Waals surface area contributed by atoms with Gasteiger partial charge in [0.2, 0.25) is 10.0 Å². The molecule has 0 bridgehead atoms. The van der Waals surface area contributed by atoms with E-state index in [4.69, 9.17) is 14.2 Å². The molecule has 2 aliphatic heterocycles. The van der Waals surface area contributed by atoms with E-state index >= 15 is 0 Å². The van der Waals surface area contributed by atoms with Crippen LogP contribution >= 0.6 is 0 Å². The van der Waals surface area contributed by atoms with E-state index in [9.17, 15) is 13.2 Å². The van der Waals surface area contributed by atoms with Crippen LogP contribution in [0.1, 0.15) is 12.5 Å². The Morgan fingerprint density at radius 1 is 1.20 bits per heavy atom. The highest BCUT2D eigenvalue weighted by atomic mass is 32.2. The van der Waals surface area contributed by atoms with Crippen LogP contribution in [0.4, 0.5) is 4.79 Å². The largest absolute Gasteiger partial charge is 0.441 e. The third kappa shape index (κ3) is 4.49. The number of sulfonamides is 1. The Hall–Kier alpha value is -1.68. The first-order valence-corrected chi connectivity index (χ1v) is 9.85. The molecule has 2 aliphatic rings. The molecule has 0 radical (unpaired) electrons. The number of fused-ring (bicyclic) bond motifs is 1. The van der Waals surface area contributed by atoms with Crippen molar-refractivity contribution in [3.63, 3.8) is 0 Å². The summed E-state index contributed by atoms with van der Waals surface area (Å²) in [7, 11) is -3.54. The molecule has 9 heteroatoms. The van der Waals surface area contributed by atoms with E-state index in [0.29, 0.717) is 12.1 Å². The number of nitrogens with one attached hydrogen (secondary N) is 2. The van der Waals surface area contributed by atoms with Gasteiger partial charge in [-0.25, -0.2) is 17.9 Å². The third-order valence-corrected chi connectivity index (χ3v) is 5.49. The summed E-state index contributed by atoms with van der Waals surface area (Å²) < 4.78 is 43.9. The van der Waals surface area contributed by atoms with Gasteiger partial charge in [-0.2, -0.15) is 0 Å². The molecule has 4 atom stereocenters. The number of hydrogen-bond acceptors (Lipinski definition) is 6. The van der Waals surface area contributed by atoms with Gasteiger partial charge in [0.1, 0.15) is 12.2 Å². The highest BCUT2D eigenvalue weighted by Gasteiger charge is 2.50. The minimum atomic E-state index is -3.54. The third-order valence-electron chi connectivity index (χ3n) is 4.12. The average Bonchev–Trinajstić information content (AvgIpc) is 3.12. The first-order chi connectivity index (χ1) is 12.0. The summed E-state index contributed by atoms with van der Waals surface area (Å²) >= 11 is 0. The lowest BCUT2D eigenvalue weighted by molar-refractivity contribution is 0.00428. The van der Waals surface area contributed by atoms with E-state index in [1.54, 1.807) is 31.2 Å². The van der Waals surface area contributed by atoms with E-state index in [2.05, 4.69) is 10.0 Å². The van der Waals surface area contributed by atoms with E-state index in [1.165, 1.54) is 0 Å². The van der Waals surface area contributed by atoms with Crippen LogP contribution in [0.25, 0.3) is 0 Å². The highest BCUT2D eigenvalue weighted by Crippen LogP contribution is 2.29. The molecular formula is C16H22N2O6S. The van der Waals surface area contributed by atoms with Crippen molar-refractivity contribution >= 4 is 16.1 Å². The monoisotopic (exact) mass is 370 g/mol. The van der Waals surface area contributed by atoms with Gasteiger partial charge in [0.15, 0.2) is 6.10 Å². The van der Waals surface area contributed by atoms with Gasteiger partial charge in [0.25, 0.3) is 0 Å². The van der Waals surface area contributed by atoms with Crippen molar-refractivity contribution in [3.8, 4) is 0 Å². The Labute approximate surface area is 146 Å². The number of ether oxygens (including phenoxy) is 3. The number of alkyl carbamates (subject to hydrolysis) is 1. The SMILES string of the molecule is CCNC(=O)O[C@@H]1CO[C@H]2[C@@H]1OC[C@@H]2NS(=O)(=O)Cc1ccccc1. The summed E-state index contributed by atoms with van der Waals surface area (Å²) in [6, 6.07) is 8.44. The van der Waals surface area contributed by atoms with Crippen molar-refractivity contribution < 1.29 is 27.4 Å². The maximum absolute atomic E-state index is 12.4. The number of carbonyl (C=O) groups excluding carboxylic acids is 1. The van der Waals surface area contributed by atoms with E-state index in [0.717, 1.165) is 0 Å². The van der Waals surface area contributed by atoms with Crippen LogP contribution < -0.4 is 10.0 Å². The smallest absolute Gasteiger partial charge is 0.407 e. The predicted molar refractivity (Wildman–Crippen MR) is 89.4 cm³/mol. The van der Waals surface area contributed by atoms with Gasteiger partial charge in [-0.1, -0.05) is 30.3 Å². The zero-order valence-corrected chi connectivity index (χ0v) is 14.7. The minimum absolute atomic E-state index is 0.111. The standard InChI is InChI=1S/C16H22N2O6S/c1-2-17-16(19)24-13-9-23-14-12(8-22-15(13)14)18-25(20,21)10-11-6-4-3-5-7-11/h3-7,12-15,18H,2,8-10H2,1H3,(H,17,19)/t12-,13+,14+,15+/m0/s1. The number of carbonyl (C=O) groups is 1. The van der Waals surface area contributed by atoms with Crippen LogP contribution in [0, 0.1) is 0 Å². The summed E-state index contributed by atoms with van der Waals surface area (Å²) in [5.41, 5.74) is 0.704. The molecule has 1 aromatic carbocycles. The number of hydrogen-bond donors (Lipinski definition) is 2. The van der Waals surface area contributed by atoms with Gasteiger partial charge in [0, 0.05) is 6.54 Å². The molecule has 0 unspecified atom stereocenters. The Bertz CT molecular complexity index is 696. The zero-order chi connectivity index (χ0) is 17.9. The maximum atomic E-state index is 12.4. The molecule has 2 saturated heterocycles. The fourth-order valence-electron chi connectivity index (χ4n) is 3.06. The Morgan fingerprint density at radius 3 is 2.64 bits per heavy atom. The van der Waals surface area contributed by atoms with E-state index in [-0.39, 0.29) is 19.0 Å². The van der Waals surface area contributed by atoms with Gasteiger partial charge in [-0.15, -0.1) is 0 Å². The van der Waals surface area contributed by atoms with Crippen LogP contribution in [0.3, 0.4) is 0 Å². The molecule has 3 rings (SSSR count). The van der Waals surface area contributed by atoms with Gasteiger partial charge in [-0.3, -0.25) is 0 Å². The maximum Gasteiger partial charge on any atom is 0.407 e. The van der Waals surface area contributed by atoms with Crippen LogP contribution in [0.2, 0.25) is 0 Å². The Balaban J connectivity index is 1.58. The molecule has 2 N–H and O–H groups in total. The second-order valence-corrected chi connectivity index (χ2v) is 7.79. The topological polar surface area (TPSA) is 103 Å². The number of amides is 1. The first-order valence-electron chi connectivity index (χ1n) is 8.20. The van der Waals surface area contributed by atoms with Gasteiger partial charge in [-0.05, 0) is 12.5 Å². The summed E-state index contributed by atoms with van der Waals surface area (Å²) in [6.45, 7) is 2.62. The van der Waals surface area contributed by atoms with Crippen molar-refractivity contribution in [1.82, 2.24) is 10.0 Å². The molecular weight excluding hydrogens is 348 g/mol. The molecule has 1 aromatic rings. The van der Waals surface area contributed by atoms with Crippen LogP contribution in [-0.2, 0) is 30.0 Å². The molecule has 2 fully saturated rings. The van der Waals surface area contributed by atoms with Crippen molar-refractivity contribution in [3.05, 3.63) is 35.9 Å². The normalized spacial score (nSPS) is 28.5. The quantitative estimate of drug-likeness (QED) is 0.751. The van der Waals surface area contributed by atoms with E-state index in [1.807, 2.05) is 6.07 Å². The minimum Gasteiger partial charge on any atom is -0.441 e. The summed E-state index contributed by atoms with van der Waals surface area (Å²) in [6.07, 6.45) is -2.01. The lowest BCUT2D eigenvalue weighted by Crippen LogP contribution is -2.45.